The number of nitrogens with one attached hydrogen (secondary N) is 1. The molecule has 0 amide bonds. The van der Waals surface area contributed by atoms with E-state index in [1.165, 1.54) is 38.6 Å². The Morgan fingerprint density at radius 1 is 1.33 bits per heavy atom. The zero-order valence-corrected chi connectivity index (χ0v) is 9.78. The molecule has 1 saturated heterocycles. The number of nitrogens with zero attached hydrogens (tertiary/aromatic N) is 1. The highest BCUT2D eigenvalue weighted by molar-refractivity contribution is 4.90. The predicted molar refractivity (Wildman–Crippen MR) is 61.9 cm³/mol. The van der Waals surface area contributed by atoms with E-state index in [-0.39, 0.29) is 0 Å². The molecule has 1 aliphatic heterocycles. The maximum Gasteiger partial charge on any atom is 0.0586 e. The predicted octanol–water partition coefficient (Wildman–Crippen LogP) is 0.831. The molecular weight excluding hydrogens is 188 g/mol. The summed E-state index contributed by atoms with van der Waals surface area (Å²) >= 11 is 0. The maximum atomic E-state index is 9.31. The molecule has 3 nitrogen and oxygen atoms in total. The molecule has 2 aliphatic rings. The van der Waals surface area contributed by atoms with Gasteiger partial charge in [-0.2, -0.15) is 0 Å². The van der Waals surface area contributed by atoms with Crippen molar-refractivity contribution in [1.82, 2.24) is 10.2 Å². The Morgan fingerprint density at radius 2 is 2.20 bits per heavy atom. The van der Waals surface area contributed by atoms with E-state index in [1.807, 2.05) is 7.05 Å². The van der Waals surface area contributed by atoms with Crippen LogP contribution in [0.25, 0.3) is 0 Å². The second kappa shape index (κ2) is 5.28. The van der Waals surface area contributed by atoms with Crippen LogP contribution < -0.4 is 5.32 Å². The molecule has 2 fully saturated rings. The Hall–Kier alpha value is -0.120. The average molecular weight is 212 g/mol. The summed E-state index contributed by atoms with van der Waals surface area (Å²) in [5.74, 6) is 0.861. The number of aliphatic hydroxyl groups is 1. The fourth-order valence-corrected chi connectivity index (χ4v) is 3.36. The molecule has 1 aliphatic carbocycles. The molecular formula is C12H24N2O. The molecule has 88 valence electrons. The van der Waals surface area contributed by atoms with Gasteiger partial charge in [-0.1, -0.05) is 0 Å². The van der Waals surface area contributed by atoms with Crippen LogP contribution >= 0.6 is 0 Å². The van der Waals surface area contributed by atoms with Gasteiger partial charge in [0.15, 0.2) is 0 Å². The van der Waals surface area contributed by atoms with Gasteiger partial charge in [0, 0.05) is 12.1 Å². The second-order valence-corrected chi connectivity index (χ2v) is 5.11. The van der Waals surface area contributed by atoms with E-state index in [4.69, 9.17) is 0 Å². The van der Waals surface area contributed by atoms with E-state index in [0.717, 1.165) is 18.5 Å². The third-order valence-corrected chi connectivity index (χ3v) is 4.11. The third-order valence-electron chi connectivity index (χ3n) is 4.11. The topological polar surface area (TPSA) is 35.5 Å². The Morgan fingerprint density at radius 3 is 2.93 bits per heavy atom. The standard InChI is InChI=1S/C12H24N2O/c1-13-8-10-4-5-11(7-10)14-6-2-3-12(14)9-15/h10-13,15H,2-9H2,1H3. The lowest BCUT2D eigenvalue weighted by atomic mass is 10.1. The number of hydrogen-bond acceptors (Lipinski definition) is 3. The van der Waals surface area contributed by atoms with Gasteiger partial charge in [0.2, 0.25) is 0 Å². The lowest BCUT2D eigenvalue weighted by Gasteiger charge is -2.29. The molecule has 0 aromatic carbocycles. The van der Waals surface area contributed by atoms with Crippen molar-refractivity contribution in [3.05, 3.63) is 0 Å². The minimum absolute atomic E-state index is 0.354. The SMILES string of the molecule is CNCC1CCC(N2CCCC2CO)C1. The van der Waals surface area contributed by atoms with Gasteiger partial charge in [0.25, 0.3) is 0 Å². The van der Waals surface area contributed by atoms with Gasteiger partial charge in [0.05, 0.1) is 6.61 Å². The van der Waals surface area contributed by atoms with Gasteiger partial charge < -0.3 is 10.4 Å². The highest BCUT2D eigenvalue weighted by Crippen LogP contribution is 2.33. The normalized spacial score (nSPS) is 37.6. The van der Waals surface area contributed by atoms with Crippen LogP contribution in [0, 0.1) is 5.92 Å². The molecule has 15 heavy (non-hydrogen) atoms. The third kappa shape index (κ3) is 2.52. The highest BCUT2D eigenvalue weighted by Gasteiger charge is 2.34. The summed E-state index contributed by atoms with van der Waals surface area (Å²) in [5, 5.41) is 12.6. The zero-order valence-electron chi connectivity index (χ0n) is 9.78. The first-order valence-electron chi connectivity index (χ1n) is 6.36. The van der Waals surface area contributed by atoms with E-state index < -0.39 is 0 Å². The first-order valence-corrected chi connectivity index (χ1v) is 6.36. The summed E-state index contributed by atoms with van der Waals surface area (Å²) in [4.78, 5) is 2.57. The van der Waals surface area contributed by atoms with Crippen molar-refractivity contribution >= 4 is 0 Å². The fraction of sp³-hybridized carbons (Fsp3) is 1.00. The molecule has 3 heteroatoms. The van der Waals surface area contributed by atoms with Crippen molar-refractivity contribution in [1.29, 1.82) is 0 Å². The van der Waals surface area contributed by atoms with Gasteiger partial charge in [-0.3, -0.25) is 4.90 Å². The van der Waals surface area contributed by atoms with Crippen LogP contribution in [0.3, 0.4) is 0 Å². The van der Waals surface area contributed by atoms with Crippen LogP contribution in [-0.4, -0.2) is 48.8 Å². The van der Waals surface area contributed by atoms with Gasteiger partial charge in [0.1, 0.15) is 0 Å². The molecule has 3 unspecified atom stereocenters. The molecule has 0 spiro atoms. The van der Waals surface area contributed by atoms with Crippen molar-refractivity contribution in [3.8, 4) is 0 Å². The van der Waals surface area contributed by atoms with Crippen LogP contribution in [-0.2, 0) is 0 Å². The summed E-state index contributed by atoms with van der Waals surface area (Å²) < 4.78 is 0. The molecule has 0 radical (unpaired) electrons. The second-order valence-electron chi connectivity index (χ2n) is 5.11. The van der Waals surface area contributed by atoms with Crippen LogP contribution in [0.15, 0.2) is 0 Å². The van der Waals surface area contributed by atoms with Crippen LogP contribution in [0.1, 0.15) is 32.1 Å². The monoisotopic (exact) mass is 212 g/mol. The summed E-state index contributed by atoms with van der Waals surface area (Å²) in [7, 11) is 2.04. The van der Waals surface area contributed by atoms with E-state index >= 15 is 0 Å². The summed E-state index contributed by atoms with van der Waals surface area (Å²) in [6.45, 7) is 2.73. The van der Waals surface area contributed by atoms with Crippen LogP contribution in [0.4, 0.5) is 0 Å². The van der Waals surface area contributed by atoms with Gasteiger partial charge in [-0.05, 0) is 58.2 Å². The Labute approximate surface area is 92.8 Å². The van der Waals surface area contributed by atoms with E-state index in [2.05, 4.69) is 10.2 Å². The molecule has 1 heterocycles. The first-order chi connectivity index (χ1) is 7.35. The highest BCUT2D eigenvalue weighted by atomic mass is 16.3. The van der Waals surface area contributed by atoms with Gasteiger partial charge in [-0.25, -0.2) is 0 Å². The first kappa shape index (κ1) is 11.4. The number of likely N-dealkylation sites (tertiary alicyclic amines) is 1. The average Bonchev–Trinajstić information content (AvgIpc) is 2.84. The Balaban J connectivity index is 1.84. The molecule has 2 rings (SSSR count). The van der Waals surface area contributed by atoms with Crippen molar-refractivity contribution in [2.75, 3.05) is 26.7 Å². The quantitative estimate of drug-likeness (QED) is 0.724. The minimum atomic E-state index is 0.354. The summed E-state index contributed by atoms with van der Waals surface area (Å²) in [6, 6.07) is 1.21. The van der Waals surface area contributed by atoms with Gasteiger partial charge in [-0.15, -0.1) is 0 Å². The number of hydrogen-bond donors (Lipinski definition) is 2. The van der Waals surface area contributed by atoms with Gasteiger partial charge >= 0.3 is 0 Å². The van der Waals surface area contributed by atoms with Crippen LogP contribution in [0.5, 0.6) is 0 Å². The molecule has 0 aromatic rings. The van der Waals surface area contributed by atoms with Crippen molar-refractivity contribution in [2.24, 2.45) is 5.92 Å². The lowest BCUT2D eigenvalue weighted by Crippen LogP contribution is -2.39. The Kier molecular flexibility index (Phi) is 4.00. The molecule has 0 aromatic heterocycles. The molecule has 0 bridgehead atoms. The van der Waals surface area contributed by atoms with Crippen molar-refractivity contribution in [2.45, 2.75) is 44.2 Å². The van der Waals surface area contributed by atoms with E-state index in [1.54, 1.807) is 0 Å². The molecule has 3 atom stereocenters. The zero-order chi connectivity index (χ0) is 10.7. The summed E-state index contributed by atoms with van der Waals surface area (Å²) in [6.07, 6.45) is 6.50. The van der Waals surface area contributed by atoms with E-state index in [9.17, 15) is 5.11 Å². The molecule has 1 saturated carbocycles. The minimum Gasteiger partial charge on any atom is -0.395 e. The van der Waals surface area contributed by atoms with Crippen molar-refractivity contribution in [3.63, 3.8) is 0 Å². The fourth-order valence-electron chi connectivity index (χ4n) is 3.36. The largest absolute Gasteiger partial charge is 0.395 e. The maximum absolute atomic E-state index is 9.31. The summed E-state index contributed by atoms with van der Waals surface area (Å²) in [5.41, 5.74) is 0. The lowest BCUT2D eigenvalue weighted by molar-refractivity contribution is 0.119. The molecule has 2 N–H and O–H groups in total. The van der Waals surface area contributed by atoms with Crippen LogP contribution in [0.2, 0.25) is 0 Å². The number of aliphatic hydroxyl groups excluding tert-OH is 1. The smallest absolute Gasteiger partial charge is 0.0586 e. The van der Waals surface area contributed by atoms with Crippen molar-refractivity contribution < 1.29 is 5.11 Å². The Bertz CT molecular complexity index is 198. The number of rotatable bonds is 4. The van der Waals surface area contributed by atoms with E-state index in [0.29, 0.717) is 12.6 Å².